The summed E-state index contributed by atoms with van der Waals surface area (Å²) in [5.74, 6) is 0. The molecule has 0 amide bonds. The molecule has 0 saturated heterocycles. The van der Waals surface area contributed by atoms with Gasteiger partial charge in [0.05, 0.1) is 6.54 Å². The molecule has 0 aliphatic carbocycles. The molecule has 0 saturated carbocycles. The number of aryl methyl sites for hydroxylation is 2. The number of rotatable bonds is 3. The van der Waals surface area contributed by atoms with Gasteiger partial charge in [-0.15, -0.1) is 11.3 Å². The number of hydrogen-bond donors (Lipinski definition) is 0. The van der Waals surface area contributed by atoms with Gasteiger partial charge in [0.2, 0.25) is 0 Å². The van der Waals surface area contributed by atoms with E-state index in [9.17, 15) is 0 Å². The van der Waals surface area contributed by atoms with Crippen molar-refractivity contribution in [1.29, 1.82) is 0 Å². The quantitative estimate of drug-likeness (QED) is 0.637. The second-order valence-corrected chi connectivity index (χ2v) is 6.00. The fourth-order valence-corrected chi connectivity index (χ4v) is 3.33. The first kappa shape index (κ1) is 12.2. The largest absolute Gasteiger partial charge is 0.344 e. The van der Waals surface area contributed by atoms with Gasteiger partial charge in [-0.05, 0) is 43.7 Å². The number of aromatic nitrogens is 1. The third-order valence-electron chi connectivity index (χ3n) is 3.45. The number of nitrogens with zero attached hydrogens (tertiary/aromatic N) is 1. The Morgan fingerprint density at radius 1 is 0.842 bits per heavy atom. The Morgan fingerprint density at radius 2 is 1.53 bits per heavy atom. The summed E-state index contributed by atoms with van der Waals surface area (Å²) < 4.78 is 2.36. The van der Waals surface area contributed by atoms with Crippen LogP contribution in [0.15, 0.2) is 54.6 Å². The van der Waals surface area contributed by atoms with E-state index in [1.54, 1.807) is 0 Å². The first-order chi connectivity index (χ1) is 9.24. The smallest absolute Gasteiger partial charge is 0.0568 e. The highest BCUT2D eigenvalue weighted by Gasteiger charge is 2.06. The lowest BCUT2D eigenvalue weighted by Gasteiger charge is -2.07. The van der Waals surface area contributed by atoms with Crippen LogP contribution in [0.2, 0.25) is 0 Å². The van der Waals surface area contributed by atoms with Crippen LogP contribution in [0.4, 0.5) is 0 Å². The summed E-state index contributed by atoms with van der Waals surface area (Å²) in [4.78, 5) is 2.75. The van der Waals surface area contributed by atoms with Crippen molar-refractivity contribution in [2.45, 2.75) is 20.4 Å². The molecule has 0 fully saturated rings. The molecule has 2 heterocycles. The van der Waals surface area contributed by atoms with Gasteiger partial charge in [0.25, 0.3) is 0 Å². The molecule has 0 radical (unpaired) electrons. The Kier molecular flexibility index (Phi) is 3.26. The van der Waals surface area contributed by atoms with Gasteiger partial charge in [-0.3, -0.25) is 0 Å². The summed E-state index contributed by atoms with van der Waals surface area (Å²) in [6.07, 6.45) is 0. The van der Waals surface area contributed by atoms with Crippen molar-refractivity contribution < 1.29 is 0 Å². The lowest BCUT2D eigenvalue weighted by molar-refractivity contribution is 0.759. The Bertz CT molecular complexity index is 657. The zero-order valence-corrected chi connectivity index (χ0v) is 12.1. The molecule has 1 nitrogen and oxygen atoms in total. The van der Waals surface area contributed by atoms with E-state index in [-0.39, 0.29) is 0 Å². The Labute approximate surface area is 118 Å². The number of benzene rings is 1. The van der Waals surface area contributed by atoms with E-state index in [0.29, 0.717) is 0 Å². The van der Waals surface area contributed by atoms with Crippen LogP contribution in [0.25, 0.3) is 10.4 Å². The van der Waals surface area contributed by atoms with Crippen LogP contribution in [-0.4, -0.2) is 4.57 Å². The van der Waals surface area contributed by atoms with Crippen molar-refractivity contribution >= 4 is 11.3 Å². The first-order valence-corrected chi connectivity index (χ1v) is 7.32. The second kappa shape index (κ2) is 5.06. The van der Waals surface area contributed by atoms with Gasteiger partial charge in [-0.25, -0.2) is 0 Å². The van der Waals surface area contributed by atoms with Gasteiger partial charge >= 0.3 is 0 Å². The van der Waals surface area contributed by atoms with Crippen molar-refractivity contribution in [3.8, 4) is 10.4 Å². The average molecular weight is 267 g/mol. The summed E-state index contributed by atoms with van der Waals surface area (Å²) in [5, 5.41) is 0. The predicted octanol–water partition coefficient (Wildman–Crippen LogP) is 4.88. The molecule has 3 aromatic rings. The minimum absolute atomic E-state index is 0.974. The SMILES string of the molecule is Cc1ccc(C)n1Cc1ccc(-c2ccccc2)s1. The Morgan fingerprint density at radius 3 is 2.21 bits per heavy atom. The van der Waals surface area contributed by atoms with Crippen LogP contribution in [0.3, 0.4) is 0 Å². The van der Waals surface area contributed by atoms with E-state index in [2.05, 4.69) is 73.0 Å². The van der Waals surface area contributed by atoms with Crippen molar-refractivity contribution in [3.63, 3.8) is 0 Å². The number of hydrogen-bond acceptors (Lipinski definition) is 1. The van der Waals surface area contributed by atoms with E-state index in [1.807, 2.05) is 11.3 Å². The minimum Gasteiger partial charge on any atom is -0.344 e. The van der Waals surface area contributed by atoms with Crippen molar-refractivity contribution in [3.05, 3.63) is 70.9 Å². The highest BCUT2D eigenvalue weighted by Crippen LogP contribution is 2.28. The molecule has 3 rings (SSSR count). The topological polar surface area (TPSA) is 4.93 Å². The first-order valence-electron chi connectivity index (χ1n) is 6.51. The van der Waals surface area contributed by atoms with E-state index in [0.717, 1.165) is 6.54 Å². The summed E-state index contributed by atoms with van der Waals surface area (Å²) in [7, 11) is 0. The Balaban J connectivity index is 1.87. The normalized spacial score (nSPS) is 10.8. The van der Waals surface area contributed by atoms with Crippen molar-refractivity contribution in [2.24, 2.45) is 0 Å². The van der Waals surface area contributed by atoms with Crippen LogP contribution >= 0.6 is 11.3 Å². The molecule has 2 heteroatoms. The third-order valence-corrected chi connectivity index (χ3v) is 4.57. The predicted molar refractivity (Wildman–Crippen MR) is 82.8 cm³/mol. The van der Waals surface area contributed by atoms with Gasteiger partial charge in [0.15, 0.2) is 0 Å². The maximum absolute atomic E-state index is 2.36. The summed E-state index contributed by atoms with van der Waals surface area (Å²) in [6, 6.07) is 19.4. The summed E-state index contributed by atoms with van der Waals surface area (Å²) in [6.45, 7) is 5.31. The number of thiophene rings is 1. The van der Waals surface area contributed by atoms with E-state index < -0.39 is 0 Å². The lowest BCUT2D eigenvalue weighted by atomic mass is 10.2. The fraction of sp³-hybridized carbons (Fsp3) is 0.176. The van der Waals surface area contributed by atoms with E-state index in [1.165, 1.54) is 26.7 Å². The van der Waals surface area contributed by atoms with Gasteiger partial charge in [0.1, 0.15) is 0 Å². The molecule has 0 aliphatic rings. The summed E-state index contributed by atoms with van der Waals surface area (Å²) >= 11 is 1.88. The van der Waals surface area contributed by atoms with Crippen LogP contribution in [0.5, 0.6) is 0 Å². The second-order valence-electron chi connectivity index (χ2n) is 4.83. The molecule has 2 aromatic heterocycles. The molecule has 1 aromatic carbocycles. The maximum Gasteiger partial charge on any atom is 0.0568 e. The van der Waals surface area contributed by atoms with Gasteiger partial charge in [-0.2, -0.15) is 0 Å². The maximum atomic E-state index is 2.36. The van der Waals surface area contributed by atoms with Gasteiger partial charge in [-0.1, -0.05) is 30.3 Å². The van der Waals surface area contributed by atoms with Crippen molar-refractivity contribution in [1.82, 2.24) is 4.57 Å². The van der Waals surface area contributed by atoms with Crippen LogP contribution in [0.1, 0.15) is 16.3 Å². The Hall–Kier alpha value is -1.80. The van der Waals surface area contributed by atoms with Crippen LogP contribution in [-0.2, 0) is 6.54 Å². The zero-order valence-electron chi connectivity index (χ0n) is 11.3. The minimum atomic E-state index is 0.974. The molecule has 0 bridgehead atoms. The van der Waals surface area contributed by atoms with Gasteiger partial charge < -0.3 is 4.57 Å². The lowest BCUT2D eigenvalue weighted by Crippen LogP contribution is -2.01. The molecular formula is C17H17NS. The highest BCUT2D eigenvalue weighted by molar-refractivity contribution is 7.15. The zero-order chi connectivity index (χ0) is 13.2. The fourth-order valence-electron chi connectivity index (χ4n) is 2.33. The molecule has 0 unspecified atom stereocenters. The van der Waals surface area contributed by atoms with E-state index in [4.69, 9.17) is 0 Å². The standard InChI is InChI=1S/C17H17NS/c1-13-8-9-14(2)18(13)12-16-10-11-17(19-16)15-6-4-3-5-7-15/h3-11H,12H2,1-2H3. The molecular weight excluding hydrogens is 250 g/mol. The molecule has 0 N–H and O–H groups in total. The molecule has 0 atom stereocenters. The monoisotopic (exact) mass is 267 g/mol. The molecule has 0 aliphatic heterocycles. The third kappa shape index (κ3) is 2.49. The van der Waals surface area contributed by atoms with Crippen LogP contribution in [0, 0.1) is 13.8 Å². The molecule has 19 heavy (non-hydrogen) atoms. The van der Waals surface area contributed by atoms with Crippen molar-refractivity contribution in [2.75, 3.05) is 0 Å². The summed E-state index contributed by atoms with van der Waals surface area (Å²) in [5.41, 5.74) is 3.96. The molecule has 0 spiro atoms. The molecule has 96 valence electrons. The van der Waals surface area contributed by atoms with Gasteiger partial charge in [0, 0.05) is 21.1 Å². The van der Waals surface area contributed by atoms with Crippen LogP contribution < -0.4 is 0 Å². The average Bonchev–Trinajstić information content (AvgIpc) is 3.02. The highest BCUT2D eigenvalue weighted by atomic mass is 32.1. The van der Waals surface area contributed by atoms with E-state index >= 15 is 0 Å².